The van der Waals surface area contributed by atoms with Crippen molar-refractivity contribution in [2.75, 3.05) is 0 Å². The van der Waals surface area contributed by atoms with Crippen LogP contribution in [0.5, 0.6) is 0 Å². The van der Waals surface area contributed by atoms with Crippen LogP contribution >= 0.6 is 11.6 Å². The van der Waals surface area contributed by atoms with Gasteiger partial charge in [-0.05, 0) is 74.3 Å². The normalized spacial score (nSPS) is 22.4. The third-order valence-electron chi connectivity index (χ3n) is 4.15. The number of nitrogens with one attached hydrogen (secondary N) is 2. The van der Waals surface area contributed by atoms with Crippen LogP contribution in [0, 0.1) is 12.3 Å². The minimum atomic E-state index is 0.521. The lowest BCUT2D eigenvalue weighted by atomic mass is 9.79. The number of aryl methyl sites for hydroxylation is 1. The van der Waals surface area contributed by atoms with Crippen LogP contribution < -0.4 is 5.32 Å². The maximum Gasteiger partial charge on any atom is 0.0411 e. The van der Waals surface area contributed by atoms with Crippen molar-refractivity contribution in [2.45, 2.75) is 51.5 Å². The Morgan fingerprint density at radius 2 is 2.00 bits per heavy atom. The summed E-state index contributed by atoms with van der Waals surface area (Å²) < 4.78 is 0. The number of halogens is 1. The van der Waals surface area contributed by atoms with Crippen molar-refractivity contribution in [3.8, 4) is 0 Å². The van der Waals surface area contributed by atoms with Crippen molar-refractivity contribution < 1.29 is 0 Å². The van der Waals surface area contributed by atoms with E-state index < -0.39 is 0 Å². The van der Waals surface area contributed by atoms with Crippen molar-refractivity contribution in [1.29, 1.82) is 5.41 Å². The summed E-state index contributed by atoms with van der Waals surface area (Å²) in [7, 11) is 0. The van der Waals surface area contributed by atoms with Gasteiger partial charge in [0.05, 0.1) is 0 Å². The molecule has 0 amide bonds. The molecule has 0 radical (unpaired) electrons. The zero-order valence-corrected chi connectivity index (χ0v) is 13.1. The summed E-state index contributed by atoms with van der Waals surface area (Å²) in [5.74, 6) is 0.521. The van der Waals surface area contributed by atoms with E-state index in [0.29, 0.717) is 12.0 Å². The topological polar surface area (TPSA) is 35.9 Å². The Labute approximate surface area is 126 Å². The molecule has 0 atom stereocenters. The molecule has 0 aliphatic heterocycles. The number of allylic oxidation sites excluding steroid dienone is 1. The molecule has 108 valence electrons. The summed E-state index contributed by atoms with van der Waals surface area (Å²) >= 11 is 6.20. The fourth-order valence-electron chi connectivity index (χ4n) is 3.21. The summed E-state index contributed by atoms with van der Waals surface area (Å²) in [4.78, 5) is 0. The van der Waals surface area contributed by atoms with Crippen LogP contribution in [0.3, 0.4) is 0 Å². The molecule has 1 fully saturated rings. The van der Waals surface area contributed by atoms with Crippen LogP contribution in [0.15, 0.2) is 24.4 Å². The predicted molar refractivity (Wildman–Crippen MR) is 87.0 cm³/mol. The van der Waals surface area contributed by atoms with Crippen LogP contribution in [-0.2, 0) is 0 Å². The smallest absolute Gasteiger partial charge is 0.0411 e. The third kappa shape index (κ3) is 3.43. The molecule has 0 spiro atoms. The number of benzene rings is 1. The monoisotopic (exact) mass is 290 g/mol. The SMILES string of the molecule is C=C(C)NC1CCC(c2cc(Cl)cc(C)c2C=N)CC1. The summed E-state index contributed by atoms with van der Waals surface area (Å²) in [5.41, 5.74) is 4.45. The highest BCUT2D eigenvalue weighted by Crippen LogP contribution is 2.36. The van der Waals surface area contributed by atoms with Gasteiger partial charge in [-0.15, -0.1) is 0 Å². The summed E-state index contributed by atoms with van der Waals surface area (Å²) in [6, 6.07) is 4.54. The van der Waals surface area contributed by atoms with Crippen LogP contribution in [0.2, 0.25) is 5.02 Å². The molecule has 2 nitrogen and oxygen atoms in total. The molecule has 0 saturated heterocycles. The van der Waals surface area contributed by atoms with Gasteiger partial charge in [-0.1, -0.05) is 18.2 Å². The van der Waals surface area contributed by atoms with Gasteiger partial charge in [-0.3, -0.25) is 0 Å². The largest absolute Gasteiger partial charge is 0.386 e. The number of hydrogen-bond donors (Lipinski definition) is 2. The molecule has 1 saturated carbocycles. The lowest BCUT2D eigenvalue weighted by Crippen LogP contribution is -2.31. The maximum atomic E-state index is 7.65. The second-order valence-corrected chi connectivity index (χ2v) is 6.28. The molecule has 1 aliphatic carbocycles. The predicted octanol–water partition coefficient (Wildman–Crippen LogP) is 4.80. The Morgan fingerprint density at radius 3 is 2.55 bits per heavy atom. The van der Waals surface area contributed by atoms with Crippen molar-refractivity contribution in [3.63, 3.8) is 0 Å². The van der Waals surface area contributed by atoms with Crippen molar-refractivity contribution >= 4 is 17.8 Å². The van der Waals surface area contributed by atoms with Crippen molar-refractivity contribution in [1.82, 2.24) is 5.32 Å². The quantitative estimate of drug-likeness (QED) is 0.768. The fourth-order valence-corrected chi connectivity index (χ4v) is 3.49. The molecule has 1 aliphatic rings. The minimum absolute atomic E-state index is 0.521. The highest BCUT2D eigenvalue weighted by Gasteiger charge is 2.24. The van der Waals surface area contributed by atoms with Gasteiger partial charge in [-0.2, -0.15) is 0 Å². The second kappa shape index (κ2) is 6.45. The zero-order valence-electron chi connectivity index (χ0n) is 12.3. The second-order valence-electron chi connectivity index (χ2n) is 5.84. The van der Waals surface area contributed by atoms with E-state index in [1.165, 1.54) is 11.8 Å². The molecule has 20 heavy (non-hydrogen) atoms. The lowest BCUT2D eigenvalue weighted by molar-refractivity contribution is 0.361. The number of hydrogen-bond acceptors (Lipinski definition) is 2. The first kappa shape index (κ1) is 15.1. The Bertz CT molecular complexity index is 514. The number of rotatable bonds is 4. The molecule has 1 aromatic carbocycles. The molecule has 0 unspecified atom stereocenters. The Balaban J connectivity index is 2.14. The summed E-state index contributed by atoms with van der Waals surface area (Å²) in [6.07, 6.45) is 6.07. The van der Waals surface area contributed by atoms with Gasteiger partial charge in [0, 0.05) is 23.0 Å². The van der Waals surface area contributed by atoms with Gasteiger partial charge in [0.25, 0.3) is 0 Å². The molecule has 2 N–H and O–H groups in total. The van der Waals surface area contributed by atoms with Gasteiger partial charge in [0.2, 0.25) is 0 Å². The van der Waals surface area contributed by atoms with Gasteiger partial charge >= 0.3 is 0 Å². The molecule has 3 heteroatoms. The highest BCUT2D eigenvalue weighted by molar-refractivity contribution is 6.30. The molecule has 1 aromatic rings. The van der Waals surface area contributed by atoms with Crippen LogP contribution in [-0.4, -0.2) is 12.3 Å². The fraction of sp³-hybridized carbons (Fsp3) is 0.471. The first-order chi connectivity index (χ1) is 9.51. The van der Waals surface area contributed by atoms with E-state index in [4.69, 9.17) is 17.0 Å². The first-order valence-corrected chi connectivity index (χ1v) is 7.61. The molecule has 0 aromatic heterocycles. The van der Waals surface area contributed by atoms with E-state index in [1.807, 2.05) is 26.0 Å². The Morgan fingerprint density at radius 1 is 1.35 bits per heavy atom. The zero-order chi connectivity index (χ0) is 14.7. The Kier molecular flexibility index (Phi) is 4.87. The average molecular weight is 291 g/mol. The molecular weight excluding hydrogens is 268 g/mol. The molecule has 0 heterocycles. The van der Waals surface area contributed by atoms with Crippen LogP contribution in [0.25, 0.3) is 0 Å². The Hall–Kier alpha value is -1.28. The average Bonchev–Trinajstić information content (AvgIpc) is 2.38. The highest BCUT2D eigenvalue weighted by atomic mass is 35.5. The van der Waals surface area contributed by atoms with E-state index in [0.717, 1.165) is 47.5 Å². The maximum absolute atomic E-state index is 7.65. The lowest BCUT2D eigenvalue weighted by Gasteiger charge is -2.31. The van der Waals surface area contributed by atoms with Gasteiger partial charge < -0.3 is 10.7 Å². The van der Waals surface area contributed by atoms with Crippen LogP contribution in [0.4, 0.5) is 0 Å². The van der Waals surface area contributed by atoms with E-state index in [9.17, 15) is 0 Å². The van der Waals surface area contributed by atoms with E-state index in [2.05, 4.69) is 11.9 Å². The van der Waals surface area contributed by atoms with E-state index in [1.54, 1.807) is 0 Å². The molecule has 0 bridgehead atoms. The van der Waals surface area contributed by atoms with Crippen molar-refractivity contribution in [2.24, 2.45) is 0 Å². The van der Waals surface area contributed by atoms with E-state index in [-0.39, 0.29) is 0 Å². The first-order valence-electron chi connectivity index (χ1n) is 7.23. The van der Waals surface area contributed by atoms with Crippen molar-refractivity contribution in [3.05, 3.63) is 46.1 Å². The van der Waals surface area contributed by atoms with Gasteiger partial charge in [0.1, 0.15) is 0 Å². The minimum Gasteiger partial charge on any atom is -0.386 e. The molecule has 2 rings (SSSR count). The van der Waals surface area contributed by atoms with Gasteiger partial charge in [-0.25, -0.2) is 0 Å². The van der Waals surface area contributed by atoms with Gasteiger partial charge in [0.15, 0.2) is 0 Å². The summed E-state index contributed by atoms with van der Waals surface area (Å²) in [5, 5.41) is 11.9. The van der Waals surface area contributed by atoms with Crippen LogP contribution in [0.1, 0.15) is 55.2 Å². The molecular formula is C17H23ClN2. The van der Waals surface area contributed by atoms with E-state index >= 15 is 0 Å². The standard InChI is InChI=1S/C17H23ClN2/c1-11(2)20-15-6-4-13(5-7-15)16-9-14(18)8-12(3)17(16)10-19/h8-10,13,15,19-20H,1,4-7H2,2-3H3. The third-order valence-corrected chi connectivity index (χ3v) is 4.36. The summed E-state index contributed by atoms with van der Waals surface area (Å²) in [6.45, 7) is 7.96.